The molecule has 3 rings (SSSR count). The first-order valence-electron chi connectivity index (χ1n) is 7.30. The number of rotatable bonds is 5. The summed E-state index contributed by atoms with van der Waals surface area (Å²) in [7, 11) is 0. The molecule has 0 radical (unpaired) electrons. The molecule has 21 heavy (non-hydrogen) atoms. The van der Waals surface area contributed by atoms with Crippen molar-refractivity contribution >= 4 is 11.6 Å². The van der Waals surface area contributed by atoms with E-state index >= 15 is 0 Å². The van der Waals surface area contributed by atoms with Crippen molar-refractivity contribution in [3.8, 4) is 0 Å². The normalized spacial score (nSPS) is 15.3. The molecule has 1 aliphatic carbocycles. The number of benzene rings is 1. The van der Waals surface area contributed by atoms with Crippen molar-refractivity contribution < 1.29 is 4.79 Å². The Morgan fingerprint density at radius 3 is 2.71 bits per heavy atom. The highest BCUT2D eigenvalue weighted by Crippen LogP contribution is 2.24. The van der Waals surface area contributed by atoms with Gasteiger partial charge in [-0.1, -0.05) is 30.3 Å². The first-order chi connectivity index (χ1) is 10.2. The van der Waals surface area contributed by atoms with Gasteiger partial charge in [-0.3, -0.25) is 9.78 Å². The van der Waals surface area contributed by atoms with E-state index in [9.17, 15) is 4.79 Å². The zero-order valence-electron chi connectivity index (χ0n) is 12.0. The van der Waals surface area contributed by atoms with E-state index in [-0.39, 0.29) is 11.9 Å². The Hall–Kier alpha value is -2.36. The molecule has 108 valence electrons. The van der Waals surface area contributed by atoms with Crippen LogP contribution in [0.15, 0.2) is 48.8 Å². The largest absolute Gasteiger partial charge is 0.381 e. The molecule has 1 aliphatic rings. The molecule has 1 saturated carbocycles. The van der Waals surface area contributed by atoms with Crippen LogP contribution in [0.5, 0.6) is 0 Å². The molecule has 1 amide bonds. The number of nitrogens with zero attached hydrogens (tertiary/aromatic N) is 1. The molecule has 2 aromatic rings. The number of nitrogens with one attached hydrogen (secondary N) is 2. The second kappa shape index (κ2) is 5.95. The maximum Gasteiger partial charge on any atom is 0.253 e. The van der Waals surface area contributed by atoms with Crippen molar-refractivity contribution in [3.05, 3.63) is 59.9 Å². The average molecular weight is 281 g/mol. The van der Waals surface area contributed by atoms with E-state index in [1.807, 2.05) is 43.3 Å². The van der Waals surface area contributed by atoms with Gasteiger partial charge in [0.15, 0.2) is 0 Å². The predicted molar refractivity (Wildman–Crippen MR) is 83.2 cm³/mol. The summed E-state index contributed by atoms with van der Waals surface area (Å²) in [5.41, 5.74) is 2.59. The summed E-state index contributed by atoms with van der Waals surface area (Å²) in [5, 5.41) is 6.36. The van der Waals surface area contributed by atoms with Crippen LogP contribution in [0.1, 0.15) is 41.7 Å². The smallest absolute Gasteiger partial charge is 0.253 e. The van der Waals surface area contributed by atoms with Gasteiger partial charge in [-0.2, -0.15) is 0 Å². The van der Waals surface area contributed by atoms with E-state index in [0.717, 1.165) is 11.3 Å². The third-order valence-electron chi connectivity index (χ3n) is 3.60. The van der Waals surface area contributed by atoms with E-state index in [1.54, 1.807) is 12.4 Å². The molecule has 0 bridgehead atoms. The predicted octanol–water partition coefficient (Wildman–Crippen LogP) is 3.15. The van der Waals surface area contributed by atoms with E-state index < -0.39 is 0 Å². The van der Waals surface area contributed by atoms with Gasteiger partial charge in [-0.05, 0) is 31.4 Å². The number of aromatic nitrogens is 1. The minimum absolute atomic E-state index is 0.0289. The van der Waals surface area contributed by atoms with Gasteiger partial charge in [0.05, 0.1) is 17.3 Å². The number of anilines is 1. The molecule has 1 atom stereocenters. The number of amides is 1. The van der Waals surface area contributed by atoms with E-state index in [0.29, 0.717) is 11.6 Å². The molecule has 4 nitrogen and oxygen atoms in total. The lowest BCUT2D eigenvalue weighted by atomic mass is 10.1. The summed E-state index contributed by atoms with van der Waals surface area (Å²) >= 11 is 0. The molecular formula is C17H19N3O. The highest BCUT2D eigenvalue weighted by atomic mass is 16.1. The maximum atomic E-state index is 12.3. The van der Waals surface area contributed by atoms with Crippen LogP contribution < -0.4 is 10.6 Å². The Morgan fingerprint density at radius 1 is 1.24 bits per heavy atom. The molecule has 2 N–H and O–H groups in total. The van der Waals surface area contributed by atoms with E-state index in [4.69, 9.17) is 0 Å². The van der Waals surface area contributed by atoms with Crippen LogP contribution in [0.25, 0.3) is 0 Å². The van der Waals surface area contributed by atoms with Crippen LogP contribution in [0.3, 0.4) is 0 Å². The van der Waals surface area contributed by atoms with Crippen LogP contribution in [0.4, 0.5) is 5.69 Å². The fourth-order valence-corrected chi connectivity index (χ4v) is 2.21. The Morgan fingerprint density at radius 2 is 2.00 bits per heavy atom. The molecule has 1 unspecified atom stereocenters. The summed E-state index contributed by atoms with van der Waals surface area (Å²) in [4.78, 5) is 16.4. The Bertz CT molecular complexity index is 623. The van der Waals surface area contributed by atoms with Crippen molar-refractivity contribution in [2.45, 2.75) is 31.8 Å². The highest BCUT2D eigenvalue weighted by Gasteiger charge is 2.21. The van der Waals surface area contributed by atoms with Gasteiger partial charge in [0.2, 0.25) is 0 Å². The molecular weight excluding hydrogens is 262 g/mol. The lowest BCUT2D eigenvalue weighted by Gasteiger charge is -2.14. The first-order valence-corrected chi connectivity index (χ1v) is 7.30. The quantitative estimate of drug-likeness (QED) is 0.885. The van der Waals surface area contributed by atoms with Crippen molar-refractivity contribution in [2.24, 2.45) is 0 Å². The van der Waals surface area contributed by atoms with Gasteiger partial charge < -0.3 is 10.6 Å². The Balaban J connectivity index is 1.67. The van der Waals surface area contributed by atoms with Crippen molar-refractivity contribution in [1.82, 2.24) is 10.3 Å². The fraction of sp³-hybridized carbons (Fsp3) is 0.294. The lowest BCUT2D eigenvalue weighted by molar-refractivity contribution is 0.0939. The average Bonchev–Trinajstić information content (AvgIpc) is 3.32. The second-order valence-corrected chi connectivity index (χ2v) is 5.49. The van der Waals surface area contributed by atoms with Crippen LogP contribution in [-0.2, 0) is 0 Å². The maximum absolute atomic E-state index is 12.3. The number of hydrogen-bond donors (Lipinski definition) is 2. The van der Waals surface area contributed by atoms with Gasteiger partial charge in [-0.25, -0.2) is 0 Å². The van der Waals surface area contributed by atoms with Gasteiger partial charge in [0.25, 0.3) is 5.91 Å². The van der Waals surface area contributed by atoms with Gasteiger partial charge in [0.1, 0.15) is 0 Å². The Kier molecular flexibility index (Phi) is 3.86. The lowest BCUT2D eigenvalue weighted by Crippen LogP contribution is -2.26. The molecule has 4 heteroatoms. The number of carbonyl (C=O) groups excluding carboxylic acids is 1. The van der Waals surface area contributed by atoms with Crippen LogP contribution in [0, 0.1) is 0 Å². The summed E-state index contributed by atoms with van der Waals surface area (Å²) in [6, 6.07) is 12.3. The topological polar surface area (TPSA) is 54.0 Å². The van der Waals surface area contributed by atoms with E-state index in [1.165, 1.54) is 12.8 Å². The minimum atomic E-state index is -0.0988. The zero-order chi connectivity index (χ0) is 14.7. The highest BCUT2D eigenvalue weighted by molar-refractivity contribution is 5.95. The van der Waals surface area contributed by atoms with Crippen LogP contribution in [-0.4, -0.2) is 16.9 Å². The number of pyridine rings is 1. The van der Waals surface area contributed by atoms with Gasteiger partial charge >= 0.3 is 0 Å². The molecule has 0 aliphatic heterocycles. The zero-order valence-corrected chi connectivity index (χ0v) is 12.0. The van der Waals surface area contributed by atoms with Gasteiger partial charge in [-0.15, -0.1) is 0 Å². The van der Waals surface area contributed by atoms with Crippen LogP contribution in [0.2, 0.25) is 0 Å². The molecule has 1 aromatic carbocycles. The fourth-order valence-electron chi connectivity index (χ4n) is 2.21. The van der Waals surface area contributed by atoms with Gasteiger partial charge in [0, 0.05) is 18.4 Å². The first kappa shape index (κ1) is 13.6. The SMILES string of the molecule is CC(NC(=O)c1cncc(NC2CC2)c1)c1ccccc1. The molecule has 0 saturated heterocycles. The molecule has 1 fully saturated rings. The van der Waals surface area contributed by atoms with Crippen molar-refractivity contribution in [1.29, 1.82) is 0 Å². The van der Waals surface area contributed by atoms with Crippen molar-refractivity contribution in [3.63, 3.8) is 0 Å². The monoisotopic (exact) mass is 281 g/mol. The summed E-state index contributed by atoms with van der Waals surface area (Å²) in [6.07, 6.45) is 5.75. The minimum Gasteiger partial charge on any atom is -0.381 e. The Labute approximate surface area is 124 Å². The van der Waals surface area contributed by atoms with Crippen LogP contribution >= 0.6 is 0 Å². The van der Waals surface area contributed by atoms with Crippen molar-refractivity contribution in [2.75, 3.05) is 5.32 Å². The second-order valence-electron chi connectivity index (χ2n) is 5.49. The molecule has 0 spiro atoms. The molecule has 1 aromatic heterocycles. The number of hydrogen-bond acceptors (Lipinski definition) is 3. The number of carbonyl (C=O) groups is 1. The molecule has 1 heterocycles. The standard InChI is InChI=1S/C17H19N3O/c1-12(13-5-3-2-4-6-13)19-17(21)14-9-16(11-18-10-14)20-15-7-8-15/h2-6,9-12,15,20H,7-8H2,1H3,(H,19,21). The third kappa shape index (κ3) is 3.60. The summed E-state index contributed by atoms with van der Waals surface area (Å²) in [5.74, 6) is -0.0988. The van der Waals surface area contributed by atoms with E-state index in [2.05, 4.69) is 15.6 Å². The summed E-state index contributed by atoms with van der Waals surface area (Å²) < 4.78 is 0. The third-order valence-corrected chi connectivity index (χ3v) is 3.60. The summed E-state index contributed by atoms with van der Waals surface area (Å²) in [6.45, 7) is 1.98.